The normalized spacial score (nSPS) is 13.8. The molecule has 0 fully saturated rings. The molecule has 0 saturated heterocycles. The fourth-order valence-corrected chi connectivity index (χ4v) is 2.83. The van der Waals surface area contributed by atoms with Gasteiger partial charge in [-0.25, -0.2) is 0 Å². The van der Waals surface area contributed by atoms with E-state index in [1.165, 1.54) is 22.2 Å². The lowest BCUT2D eigenvalue weighted by Gasteiger charge is -2.08. The Morgan fingerprint density at radius 2 is 1.92 bits per heavy atom. The summed E-state index contributed by atoms with van der Waals surface area (Å²) in [4.78, 5) is 4.29. The number of halogens is 3. The molecule has 0 spiro atoms. The Morgan fingerprint density at radius 3 is 2.54 bits per heavy atom. The lowest BCUT2D eigenvalue weighted by molar-refractivity contribution is -0.137. The highest BCUT2D eigenvalue weighted by molar-refractivity contribution is 7.99. The minimum atomic E-state index is -4.43. The molecule has 3 rings (SSSR count). The maximum absolute atomic E-state index is 12.9. The van der Waals surface area contributed by atoms with Gasteiger partial charge in [0.1, 0.15) is 0 Å². The van der Waals surface area contributed by atoms with Crippen molar-refractivity contribution in [1.82, 2.24) is 24.7 Å². The summed E-state index contributed by atoms with van der Waals surface area (Å²) in [6.45, 7) is 5.70. The van der Waals surface area contributed by atoms with E-state index in [4.69, 9.17) is 4.52 Å². The van der Waals surface area contributed by atoms with Gasteiger partial charge in [0.25, 0.3) is 0 Å². The van der Waals surface area contributed by atoms with E-state index in [2.05, 4.69) is 20.3 Å². The van der Waals surface area contributed by atoms with E-state index >= 15 is 0 Å². The topological polar surface area (TPSA) is 69.1 Å². The molecule has 0 amide bonds. The van der Waals surface area contributed by atoms with Crippen LogP contribution in [-0.2, 0) is 6.18 Å². The van der Waals surface area contributed by atoms with E-state index in [1.54, 1.807) is 0 Å². The molecule has 0 aliphatic rings. The maximum Gasteiger partial charge on any atom is 0.417 e. The van der Waals surface area contributed by atoms with Gasteiger partial charge in [-0.05, 0) is 19.1 Å². The van der Waals surface area contributed by atoms with Crippen molar-refractivity contribution < 1.29 is 17.7 Å². The van der Waals surface area contributed by atoms with Gasteiger partial charge < -0.3 is 4.52 Å². The Hall–Kier alpha value is -2.10. The highest BCUT2D eigenvalue weighted by atomic mass is 32.2. The van der Waals surface area contributed by atoms with Gasteiger partial charge in [0, 0.05) is 12.1 Å². The van der Waals surface area contributed by atoms with E-state index in [1.807, 2.05) is 20.8 Å². The molecular formula is C14H14F3N5OS. The zero-order chi connectivity index (χ0) is 17.5. The summed E-state index contributed by atoms with van der Waals surface area (Å²) in [5, 5.41) is 11.8. The number of nitrogens with zero attached hydrogens (tertiary/aromatic N) is 5. The molecule has 0 radical (unpaired) electrons. The molecule has 0 aliphatic carbocycles. The van der Waals surface area contributed by atoms with E-state index in [0.29, 0.717) is 22.5 Å². The first-order valence-electron chi connectivity index (χ1n) is 7.18. The maximum atomic E-state index is 12.9. The quantitative estimate of drug-likeness (QED) is 0.655. The van der Waals surface area contributed by atoms with Crippen LogP contribution >= 0.6 is 11.8 Å². The molecule has 0 bridgehead atoms. The zero-order valence-electron chi connectivity index (χ0n) is 13.1. The number of thioether (sulfide) groups is 1. The van der Waals surface area contributed by atoms with Crippen LogP contribution < -0.4 is 0 Å². The minimum absolute atomic E-state index is 0.128. The summed E-state index contributed by atoms with van der Waals surface area (Å²) < 4.78 is 45.1. The van der Waals surface area contributed by atoms with Crippen molar-refractivity contribution in [3.63, 3.8) is 0 Å². The molecule has 10 heteroatoms. The number of hydrogen-bond acceptors (Lipinski definition) is 6. The van der Waals surface area contributed by atoms with Gasteiger partial charge >= 0.3 is 6.18 Å². The second-order valence-electron chi connectivity index (χ2n) is 5.53. The molecule has 128 valence electrons. The van der Waals surface area contributed by atoms with Gasteiger partial charge in [0.15, 0.2) is 16.6 Å². The first kappa shape index (κ1) is 16.7. The summed E-state index contributed by atoms with van der Waals surface area (Å²) in [5.74, 6) is 1.11. The summed E-state index contributed by atoms with van der Waals surface area (Å²) in [5.41, 5.74) is -0.421. The van der Waals surface area contributed by atoms with Crippen molar-refractivity contribution in [2.24, 2.45) is 0 Å². The SMILES string of the molecule is CC(C)c1noc(C(C)Sc2nnc3ccc(C(F)(F)F)cn23)n1. The number of rotatable bonds is 4. The van der Waals surface area contributed by atoms with Crippen LogP contribution in [0.5, 0.6) is 0 Å². The third-order valence-corrected chi connectivity index (χ3v) is 4.35. The van der Waals surface area contributed by atoms with Crippen LogP contribution in [0.15, 0.2) is 28.0 Å². The predicted octanol–water partition coefficient (Wildman–Crippen LogP) is 4.11. The second-order valence-corrected chi connectivity index (χ2v) is 6.84. The Labute approximate surface area is 139 Å². The molecule has 24 heavy (non-hydrogen) atoms. The Kier molecular flexibility index (Phi) is 4.24. The smallest absolute Gasteiger partial charge is 0.338 e. The van der Waals surface area contributed by atoms with Crippen LogP contribution in [0.25, 0.3) is 5.65 Å². The molecular weight excluding hydrogens is 343 g/mol. The average Bonchev–Trinajstić information content (AvgIpc) is 3.13. The minimum Gasteiger partial charge on any atom is -0.338 e. The fourth-order valence-electron chi connectivity index (χ4n) is 1.97. The first-order valence-corrected chi connectivity index (χ1v) is 8.06. The molecule has 3 heterocycles. The highest BCUT2D eigenvalue weighted by Crippen LogP contribution is 2.35. The van der Waals surface area contributed by atoms with Gasteiger partial charge in [-0.3, -0.25) is 4.40 Å². The molecule has 0 aliphatic heterocycles. The van der Waals surface area contributed by atoms with Crippen molar-refractivity contribution in [3.8, 4) is 0 Å². The summed E-state index contributed by atoms with van der Waals surface area (Å²) >= 11 is 1.20. The standard InChI is InChI=1S/C14H14F3N5OS/c1-7(2)11-18-12(23-21-11)8(3)24-13-20-19-10-5-4-9(6-22(10)13)14(15,16)17/h4-8H,1-3H3. The van der Waals surface area contributed by atoms with Crippen LogP contribution in [0.4, 0.5) is 13.2 Å². The van der Waals surface area contributed by atoms with Crippen molar-refractivity contribution in [1.29, 1.82) is 0 Å². The Bertz CT molecular complexity index is 858. The Balaban J connectivity index is 1.88. The van der Waals surface area contributed by atoms with Gasteiger partial charge in [-0.15, -0.1) is 10.2 Å². The van der Waals surface area contributed by atoms with Crippen LogP contribution in [-0.4, -0.2) is 24.7 Å². The number of fused-ring (bicyclic) bond motifs is 1. The molecule has 1 unspecified atom stereocenters. The van der Waals surface area contributed by atoms with Crippen LogP contribution in [0, 0.1) is 0 Å². The lowest BCUT2D eigenvalue weighted by atomic mass is 10.2. The van der Waals surface area contributed by atoms with Crippen LogP contribution in [0.2, 0.25) is 0 Å². The number of alkyl halides is 3. The van der Waals surface area contributed by atoms with Gasteiger partial charge in [0.05, 0.1) is 10.8 Å². The predicted molar refractivity (Wildman–Crippen MR) is 80.6 cm³/mol. The largest absolute Gasteiger partial charge is 0.417 e. The highest BCUT2D eigenvalue weighted by Gasteiger charge is 2.31. The molecule has 6 nitrogen and oxygen atoms in total. The molecule has 0 saturated carbocycles. The molecule has 3 aromatic rings. The lowest BCUT2D eigenvalue weighted by Crippen LogP contribution is -2.06. The zero-order valence-corrected chi connectivity index (χ0v) is 13.9. The number of pyridine rings is 1. The second kappa shape index (κ2) is 6.08. The van der Waals surface area contributed by atoms with Crippen molar-refractivity contribution >= 4 is 17.4 Å². The molecule has 0 N–H and O–H groups in total. The van der Waals surface area contributed by atoms with E-state index in [9.17, 15) is 13.2 Å². The van der Waals surface area contributed by atoms with Crippen molar-refractivity contribution in [2.75, 3.05) is 0 Å². The van der Waals surface area contributed by atoms with Gasteiger partial charge in [-0.1, -0.05) is 30.8 Å². The monoisotopic (exact) mass is 357 g/mol. The van der Waals surface area contributed by atoms with E-state index < -0.39 is 11.7 Å². The third-order valence-electron chi connectivity index (χ3n) is 3.30. The summed E-state index contributed by atoms with van der Waals surface area (Å²) in [7, 11) is 0. The third kappa shape index (κ3) is 3.23. The molecule has 3 aromatic heterocycles. The van der Waals surface area contributed by atoms with Crippen molar-refractivity contribution in [2.45, 2.75) is 43.3 Å². The first-order chi connectivity index (χ1) is 11.3. The van der Waals surface area contributed by atoms with Gasteiger partial charge in [0.2, 0.25) is 5.89 Å². The van der Waals surface area contributed by atoms with Gasteiger partial charge in [-0.2, -0.15) is 18.2 Å². The average molecular weight is 357 g/mol. The van der Waals surface area contributed by atoms with E-state index in [-0.39, 0.29) is 11.2 Å². The molecule has 1 atom stereocenters. The van der Waals surface area contributed by atoms with Crippen molar-refractivity contribution in [3.05, 3.63) is 35.6 Å². The Morgan fingerprint density at radius 1 is 1.17 bits per heavy atom. The molecule has 0 aromatic carbocycles. The van der Waals surface area contributed by atoms with Crippen LogP contribution in [0.3, 0.4) is 0 Å². The summed E-state index contributed by atoms with van der Waals surface area (Å²) in [6.07, 6.45) is -3.44. The number of aromatic nitrogens is 5. The van der Waals surface area contributed by atoms with E-state index in [0.717, 1.165) is 12.3 Å². The van der Waals surface area contributed by atoms with Crippen LogP contribution in [0.1, 0.15) is 49.2 Å². The number of hydrogen-bond donors (Lipinski definition) is 0. The summed E-state index contributed by atoms with van der Waals surface area (Å²) in [6, 6.07) is 2.27. The fraction of sp³-hybridized carbons (Fsp3) is 0.429.